The standard InChI is InChI=1S/C12H19Cl2N3O2S/c1-3-15-7-4-8-17(2)20(18,19)16-10-5-6-11(13)12(14)9-10/h5-6,9,15-16H,3-4,7-8H2,1-2H3. The Bertz CT molecular complexity index is 538. The van der Waals surface area contributed by atoms with Gasteiger partial charge in [0.2, 0.25) is 0 Å². The lowest BCUT2D eigenvalue weighted by Gasteiger charge is -2.18. The van der Waals surface area contributed by atoms with E-state index < -0.39 is 10.2 Å². The molecule has 20 heavy (non-hydrogen) atoms. The molecule has 0 spiro atoms. The van der Waals surface area contributed by atoms with E-state index in [0.717, 1.165) is 19.5 Å². The Balaban J connectivity index is 2.61. The first kappa shape index (κ1) is 17.5. The molecule has 1 rings (SSSR count). The van der Waals surface area contributed by atoms with Crippen molar-refractivity contribution in [2.45, 2.75) is 13.3 Å². The summed E-state index contributed by atoms with van der Waals surface area (Å²) in [5.74, 6) is 0. The number of hydrogen-bond donors (Lipinski definition) is 2. The Morgan fingerprint density at radius 3 is 2.55 bits per heavy atom. The minimum absolute atomic E-state index is 0.307. The fourth-order valence-electron chi connectivity index (χ4n) is 1.51. The lowest BCUT2D eigenvalue weighted by Crippen LogP contribution is -2.34. The molecule has 0 heterocycles. The molecule has 0 unspecified atom stereocenters. The third-order valence-electron chi connectivity index (χ3n) is 2.65. The lowest BCUT2D eigenvalue weighted by atomic mass is 10.3. The largest absolute Gasteiger partial charge is 0.317 e. The summed E-state index contributed by atoms with van der Waals surface area (Å²) < 4.78 is 27.9. The third kappa shape index (κ3) is 5.46. The first-order valence-electron chi connectivity index (χ1n) is 6.26. The molecule has 1 aromatic rings. The molecule has 8 heteroatoms. The number of anilines is 1. The molecule has 0 radical (unpaired) electrons. The molecular weight excluding hydrogens is 321 g/mol. The minimum Gasteiger partial charge on any atom is -0.317 e. The fraction of sp³-hybridized carbons (Fsp3) is 0.500. The molecule has 0 aromatic heterocycles. The third-order valence-corrected chi connectivity index (χ3v) is 4.89. The van der Waals surface area contributed by atoms with Crippen molar-refractivity contribution in [3.8, 4) is 0 Å². The van der Waals surface area contributed by atoms with Crippen LogP contribution in [0.25, 0.3) is 0 Å². The normalized spacial score (nSPS) is 11.8. The highest BCUT2D eigenvalue weighted by atomic mass is 35.5. The van der Waals surface area contributed by atoms with E-state index in [9.17, 15) is 8.42 Å². The van der Waals surface area contributed by atoms with Crippen molar-refractivity contribution in [1.82, 2.24) is 9.62 Å². The Kier molecular flexibility index (Phi) is 7.05. The molecule has 0 aliphatic heterocycles. The second-order valence-electron chi connectivity index (χ2n) is 4.26. The minimum atomic E-state index is -3.58. The fourth-order valence-corrected chi connectivity index (χ4v) is 2.76. The van der Waals surface area contributed by atoms with E-state index in [2.05, 4.69) is 10.0 Å². The van der Waals surface area contributed by atoms with Crippen LogP contribution in [0.1, 0.15) is 13.3 Å². The number of benzene rings is 1. The molecule has 1 aromatic carbocycles. The topological polar surface area (TPSA) is 61.4 Å². The number of halogens is 2. The van der Waals surface area contributed by atoms with E-state index in [1.165, 1.54) is 17.4 Å². The summed E-state index contributed by atoms with van der Waals surface area (Å²) in [4.78, 5) is 0. The number of nitrogens with zero attached hydrogens (tertiary/aromatic N) is 1. The van der Waals surface area contributed by atoms with Gasteiger partial charge in [-0.1, -0.05) is 30.1 Å². The summed E-state index contributed by atoms with van der Waals surface area (Å²) in [6.45, 7) is 4.09. The highest BCUT2D eigenvalue weighted by molar-refractivity contribution is 7.90. The first-order valence-corrected chi connectivity index (χ1v) is 8.46. The zero-order valence-electron chi connectivity index (χ0n) is 11.5. The van der Waals surface area contributed by atoms with Crippen molar-refractivity contribution in [2.24, 2.45) is 0 Å². The SMILES string of the molecule is CCNCCCN(C)S(=O)(=O)Nc1ccc(Cl)c(Cl)c1. The summed E-state index contributed by atoms with van der Waals surface area (Å²) in [5, 5.41) is 3.83. The van der Waals surface area contributed by atoms with Gasteiger partial charge in [0, 0.05) is 13.6 Å². The van der Waals surface area contributed by atoms with Gasteiger partial charge in [-0.05, 0) is 37.7 Å². The molecule has 0 saturated heterocycles. The van der Waals surface area contributed by atoms with Crippen molar-refractivity contribution >= 4 is 39.1 Å². The van der Waals surface area contributed by atoms with E-state index >= 15 is 0 Å². The smallest absolute Gasteiger partial charge is 0.301 e. The van der Waals surface area contributed by atoms with E-state index in [4.69, 9.17) is 23.2 Å². The Labute approximate surface area is 130 Å². The van der Waals surface area contributed by atoms with E-state index in [-0.39, 0.29) is 0 Å². The molecule has 0 aliphatic carbocycles. The van der Waals surface area contributed by atoms with E-state index in [1.54, 1.807) is 12.1 Å². The summed E-state index contributed by atoms with van der Waals surface area (Å²) in [7, 11) is -2.04. The summed E-state index contributed by atoms with van der Waals surface area (Å²) >= 11 is 11.6. The van der Waals surface area contributed by atoms with Crippen LogP contribution in [0.2, 0.25) is 10.0 Å². The van der Waals surface area contributed by atoms with Gasteiger partial charge in [-0.15, -0.1) is 0 Å². The van der Waals surface area contributed by atoms with Gasteiger partial charge in [0.1, 0.15) is 0 Å². The molecule has 0 fully saturated rings. The van der Waals surface area contributed by atoms with Crippen LogP contribution in [0.3, 0.4) is 0 Å². The summed E-state index contributed by atoms with van der Waals surface area (Å²) in [6, 6.07) is 4.60. The number of nitrogens with one attached hydrogen (secondary N) is 2. The van der Waals surface area contributed by atoms with Crippen LogP contribution in [0.4, 0.5) is 5.69 Å². The highest BCUT2D eigenvalue weighted by Crippen LogP contribution is 2.25. The number of hydrogen-bond acceptors (Lipinski definition) is 3. The van der Waals surface area contributed by atoms with Crippen molar-refractivity contribution in [3.05, 3.63) is 28.2 Å². The summed E-state index contributed by atoms with van der Waals surface area (Å²) in [6.07, 6.45) is 0.743. The van der Waals surface area contributed by atoms with Crippen molar-refractivity contribution in [2.75, 3.05) is 31.4 Å². The van der Waals surface area contributed by atoms with Crippen molar-refractivity contribution < 1.29 is 8.42 Å². The Morgan fingerprint density at radius 1 is 1.25 bits per heavy atom. The van der Waals surface area contributed by atoms with Crippen molar-refractivity contribution in [3.63, 3.8) is 0 Å². The molecule has 2 N–H and O–H groups in total. The maximum atomic E-state index is 12.1. The Morgan fingerprint density at radius 2 is 1.95 bits per heavy atom. The van der Waals surface area contributed by atoms with E-state index in [1.807, 2.05) is 6.92 Å². The lowest BCUT2D eigenvalue weighted by molar-refractivity contribution is 0.459. The van der Waals surface area contributed by atoms with Gasteiger partial charge in [0.25, 0.3) is 0 Å². The second-order valence-corrected chi connectivity index (χ2v) is 6.86. The molecular formula is C12H19Cl2N3O2S. The average Bonchev–Trinajstić information content (AvgIpc) is 2.38. The molecule has 114 valence electrons. The zero-order valence-corrected chi connectivity index (χ0v) is 13.8. The van der Waals surface area contributed by atoms with Gasteiger partial charge in [-0.3, -0.25) is 4.72 Å². The van der Waals surface area contributed by atoms with Crippen molar-refractivity contribution in [1.29, 1.82) is 0 Å². The average molecular weight is 340 g/mol. The maximum absolute atomic E-state index is 12.1. The molecule has 0 aliphatic rings. The van der Waals surface area contributed by atoms with Gasteiger partial charge in [0.15, 0.2) is 0 Å². The molecule has 0 saturated carbocycles. The molecule has 0 atom stereocenters. The van der Waals surface area contributed by atoms with Crippen LogP contribution >= 0.6 is 23.2 Å². The predicted octanol–water partition coefficient (Wildman–Crippen LogP) is 2.58. The molecule has 0 bridgehead atoms. The molecule has 5 nitrogen and oxygen atoms in total. The molecule has 0 amide bonds. The van der Waals surface area contributed by atoms with Crippen LogP contribution in [0.5, 0.6) is 0 Å². The van der Waals surface area contributed by atoms with E-state index in [0.29, 0.717) is 22.3 Å². The van der Waals surface area contributed by atoms with Crippen LogP contribution in [0, 0.1) is 0 Å². The predicted molar refractivity (Wildman–Crippen MR) is 84.8 cm³/mol. The van der Waals surface area contributed by atoms with Crippen LogP contribution in [-0.4, -0.2) is 39.4 Å². The first-order chi connectivity index (χ1) is 9.36. The zero-order chi connectivity index (χ0) is 15.2. The maximum Gasteiger partial charge on any atom is 0.301 e. The quantitative estimate of drug-likeness (QED) is 0.715. The van der Waals surface area contributed by atoms with Gasteiger partial charge in [-0.2, -0.15) is 12.7 Å². The van der Waals surface area contributed by atoms with Gasteiger partial charge >= 0.3 is 10.2 Å². The van der Waals surface area contributed by atoms with Gasteiger partial charge < -0.3 is 5.32 Å². The van der Waals surface area contributed by atoms with Crippen LogP contribution in [-0.2, 0) is 10.2 Å². The second kappa shape index (κ2) is 8.05. The summed E-state index contributed by atoms with van der Waals surface area (Å²) in [5.41, 5.74) is 0.387. The Hall–Kier alpha value is -0.530. The monoisotopic (exact) mass is 339 g/mol. The van der Waals surface area contributed by atoms with Gasteiger partial charge in [0.05, 0.1) is 15.7 Å². The highest BCUT2D eigenvalue weighted by Gasteiger charge is 2.17. The van der Waals surface area contributed by atoms with Crippen LogP contribution < -0.4 is 10.0 Å². The van der Waals surface area contributed by atoms with Gasteiger partial charge in [-0.25, -0.2) is 0 Å². The number of rotatable bonds is 8. The van der Waals surface area contributed by atoms with Crippen LogP contribution in [0.15, 0.2) is 18.2 Å².